The van der Waals surface area contributed by atoms with Gasteiger partial charge in [0.05, 0.1) is 5.56 Å². The van der Waals surface area contributed by atoms with Crippen LogP contribution >= 0.6 is 0 Å². The van der Waals surface area contributed by atoms with E-state index in [0.717, 1.165) is 12.1 Å². The molecule has 0 atom stereocenters. The minimum atomic E-state index is -0.886. The van der Waals surface area contributed by atoms with Gasteiger partial charge in [0.2, 0.25) is 5.78 Å². The number of carbonyl (C=O) groups excluding carboxylic acids is 1. The smallest absolute Gasteiger partial charge is 0.204 e. The molecular formula is C13H10O6. The monoisotopic (exact) mass is 262 g/mol. The predicted molar refractivity (Wildman–Crippen MR) is 64.6 cm³/mol. The van der Waals surface area contributed by atoms with Gasteiger partial charge in [0.15, 0.2) is 11.5 Å². The highest BCUT2D eigenvalue weighted by Gasteiger charge is 2.22. The Balaban J connectivity index is 2.60. The summed E-state index contributed by atoms with van der Waals surface area (Å²) in [6.45, 7) is 0. The minimum absolute atomic E-state index is 0.355. The summed E-state index contributed by atoms with van der Waals surface area (Å²) in [6, 6.07) is 5.38. The maximum atomic E-state index is 12.1. The average molecular weight is 262 g/mol. The van der Waals surface area contributed by atoms with Crippen LogP contribution in [-0.4, -0.2) is 31.3 Å². The van der Waals surface area contributed by atoms with Gasteiger partial charge < -0.3 is 25.5 Å². The van der Waals surface area contributed by atoms with E-state index in [1.54, 1.807) is 0 Å². The van der Waals surface area contributed by atoms with Crippen molar-refractivity contribution in [1.82, 2.24) is 0 Å². The number of rotatable bonds is 2. The van der Waals surface area contributed by atoms with Gasteiger partial charge in [-0.05, 0) is 18.2 Å². The number of phenolic OH excluding ortho intramolecular Hbond substituents is 5. The molecule has 0 aliphatic rings. The van der Waals surface area contributed by atoms with Gasteiger partial charge in [-0.15, -0.1) is 0 Å². The molecule has 0 aliphatic carbocycles. The zero-order valence-electron chi connectivity index (χ0n) is 9.53. The van der Waals surface area contributed by atoms with Crippen molar-refractivity contribution >= 4 is 5.78 Å². The summed E-state index contributed by atoms with van der Waals surface area (Å²) in [7, 11) is 0. The summed E-state index contributed by atoms with van der Waals surface area (Å²) in [6.07, 6.45) is 0. The van der Waals surface area contributed by atoms with Gasteiger partial charge in [0, 0.05) is 6.07 Å². The molecule has 6 heteroatoms. The van der Waals surface area contributed by atoms with Crippen LogP contribution < -0.4 is 0 Å². The summed E-state index contributed by atoms with van der Waals surface area (Å²) in [5, 5.41) is 47.2. The van der Waals surface area contributed by atoms with Gasteiger partial charge in [-0.2, -0.15) is 0 Å². The van der Waals surface area contributed by atoms with Gasteiger partial charge in [0.25, 0.3) is 0 Å². The number of benzene rings is 2. The number of hydrogen-bond donors (Lipinski definition) is 5. The largest absolute Gasteiger partial charge is 0.507 e. The third kappa shape index (κ3) is 2.11. The Morgan fingerprint density at radius 3 is 1.84 bits per heavy atom. The first kappa shape index (κ1) is 12.6. The van der Waals surface area contributed by atoms with Crippen molar-refractivity contribution in [2.75, 3.05) is 0 Å². The van der Waals surface area contributed by atoms with E-state index in [1.807, 2.05) is 0 Å². The lowest BCUT2D eigenvalue weighted by Crippen LogP contribution is -2.02. The zero-order chi connectivity index (χ0) is 14.2. The van der Waals surface area contributed by atoms with Crippen LogP contribution in [0.4, 0.5) is 0 Å². The topological polar surface area (TPSA) is 118 Å². The van der Waals surface area contributed by atoms with E-state index in [1.165, 1.54) is 18.2 Å². The summed E-state index contributed by atoms with van der Waals surface area (Å²) >= 11 is 0. The fourth-order valence-electron chi connectivity index (χ4n) is 1.64. The zero-order valence-corrected chi connectivity index (χ0v) is 9.53. The standard InChI is InChI=1S/C13H10O6/c14-7-2-1-3-8(15)12(7)13(19)6-4-10(17)11(18)5-9(6)16/h1-5,14-18H. The van der Waals surface area contributed by atoms with Crippen LogP contribution in [0.5, 0.6) is 28.7 Å². The van der Waals surface area contributed by atoms with Crippen LogP contribution in [0.15, 0.2) is 30.3 Å². The van der Waals surface area contributed by atoms with Crippen molar-refractivity contribution in [2.24, 2.45) is 0 Å². The Hall–Kier alpha value is -2.89. The number of hydrogen-bond acceptors (Lipinski definition) is 6. The van der Waals surface area contributed by atoms with E-state index in [9.17, 15) is 25.2 Å². The highest BCUT2D eigenvalue weighted by Crippen LogP contribution is 2.36. The second kappa shape index (κ2) is 4.41. The summed E-state index contributed by atoms with van der Waals surface area (Å²) in [4.78, 5) is 12.1. The molecule has 98 valence electrons. The SMILES string of the molecule is O=C(c1cc(O)c(O)cc1O)c1c(O)cccc1O. The van der Waals surface area contributed by atoms with E-state index in [4.69, 9.17) is 5.11 Å². The van der Waals surface area contributed by atoms with Crippen molar-refractivity contribution in [3.63, 3.8) is 0 Å². The molecule has 0 saturated carbocycles. The third-order valence-electron chi connectivity index (χ3n) is 2.59. The van der Waals surface area contributed by atoms with Crippen LogP contribution in [0.3, 0.4) is 0 Å². The summed E-state index contributed by atoms with van der Waals surface area (Å²) in [5.41, 5.74) is -0.755. The molecule has 0 saturated heterocycles. The highest BCUT2D eigenvalue weighted by molar-refractivity contribution is 6.14. The maximum Gasteiger partial charge on any atom is 0.204 e. The molecule has 0 spiro atoms. The Morgan fingerprint density at radius 2 is 1.26 bits per heavy atom. The van der Waals surface area contributed by atoms with Gasteiger partial charge in [-0.1, -0.05) is 6.07 Å². The van der Waals surface area contributed by atoms with Gasteiger partial charge >= 0.3 is 0 Å². The molecule has 2 aromatic carbocycles. The van der Waals surface area contributed by atoms with E-state index >= 15 is 0 Å². The van der Waals surface area contributed by atoms with E-state index in [0.29, 0.717) is 0 Å². The average Bonchev–Trinajstić information content (AvgIpc) is 2.33. The first-order valence-electron chi connectivity index (χ1n) is 5.22. The van der Waals surface area contributed by atoms with Crippen LogP contribution in [-0.2, 0) is 0 Å². The fourth-order valence-corrected chi connectivity index (χ4v) is 1.64. The number of ketones is 1. The van der Waals surface area contributed by atoms with Gasteiger partial charge in [0.1, 0.15) is 22.8 Å². The molecule has 5 N–H and O–H groups in total. The highest BCUT2D eigenvalue weighted by atomic mass is 16.3. The number of carbonyl (C=O) groups is 1. The minimum Gasteiger partial charge on any atom is -0.507 e. The molecule has 0 amide bonds. The quantitative estimate of drug-likeness (QED) is 0.317. The predicted octanol–water partition coefficient (Wildman–Crippen LogP) is 1.45. The van der Waals surface area contributed by atoms with Crippen molar-refractivity contribution < 1.29 is 30.3 Å². The van der Waals surface area contributed by atoms with Crippen LogP contribution in [0.1, 0.15) is 15.9 Å². The van der Waals surface area contributed by atoms with E-state index in [2.05, 4.69) is 0 Å². The molecular weight excluding hydrogens is 252 g/mol. The van der Waals surface area contributed by atoms with Crippen LogP contribution in [0.25, 0.3) is 0 Å². The number of phenols is 5. The van der Waals surface area contributed by atoms with E-state index < -0.39 is 40.1 Å². The summed E-state index contributed by atoms with van der Waals surface area (Å²) in [5.74, 6) is -3.58. The van der Waals surface area contributed by atoms with Crippen molar-refractivity contribution in [2.45, 2.75) is 0 Å². The Morgan fingerprint density at radius 1 is 0.737 bits per heavy atom. The van der Waals surface area contributed by atoms with Crippen LogP contribution in [0.2, 0.25) is 0 Å². The van der Waals surface area contributed by atoms with E-state index in [-0.39, 0.29) is 5.56 Å². The van der Waals surface area contributed by atoms with Gasteiger partial charge in [-0.25, -0.2) is 0 Å². The first-order chi connectivity index (χ1) is 8.91. The van der Waals surface area contributed by atoms with Crippen molar-refractivity contribution in [3.05, 3.63) is 41.5 Å². The Labute approximate surface area is 107 Å². The lowest BCUT2D eigenvalue weighted by Gasteiger charge is -2.08. The fraction of sp³-hybridized carbons (Fsp3) is 0. The molecule has 2 rings (SSSR count). The second-order valence-electron chi connectivity index (χ2n) is 3.86. The Kier molecular flexibility index (Phi) is 2.92. The lowest BCUT2D eigenvalue weighted by molar-refractivity contribution is 0.103. The lowest BCUT2D eigenvalue weighted by atomic mass is 10.00. The number of aromatic hydroxyl groups is 5. The molecule has 0 heterocycles. The molecule has 0 aliphatic heterocycles. The third-order valence-corrected chi connectivity index (χ3v) is 2.59. The molecule has 19 heavy (non-hydrogen) atoms. The molecule has 6 nitrogen and oxygen atoms in total. The molecule has 0 unspecified atom stereocenters. The first-order valence-corrected chi connectivity index (χ1v) is 5.22. The second-order valence-corrected chi connectivity index (χ2v) is 3.86. The molecule has 0 fully saturated rings. The van der Waals surface area contributed by atoms with Crippen molar-refractivity contribution in [1.29, 1.82) is 0 Å². The Bertz CT molecular complexity index is 642. The van der Waals surface area contributed by atoms with Crippen molar-refractivity contribution in [3.8, 4) is 28.7 Å². The van der Waals surface area contributed by atoms with Gasteiger partial charge in [-0.3, -0.25) is 4.79 Å². The summed E-state index contributed by atoms with van der Waals surface area (Å²) < 4.78 is 0. The molecule has 0 radical (unpaired) electrons. The maximum absolute atomic E-state index is 12.1. The normalized spacial score (nSPS) is 10.3. The molecule has 0 aromatic heterocycles. The van der Waals surface area contributed by atoms with Crippen LogP contribution in [0, 0.1) is 0 Å². The molecule has 0 bridgehead atoms. The molecule has 2 aromatic rings.